The van der Waals surface area contributed by atoms with Crippen molar-refractivity contribution in [3.8, 4) is 0 Å². The van der Waals surface area contributed by atoms with Crippen LogP contribution in [-0.2, 0) is 9.53 Å². The molecule has 0 fully saturated rings. The lowest BCUT2D eigenvalue weighted by molar-refractivity contribution is -0.116. The first kappa shape index (κ1) is 21.4. The summed E-state index contributed by atoms with van der Waals surface area (Å²) < 4.78 is 4.94. The summed E-state index contributed by atoms with van der Waals surface area (Å²) in [4.78, 5) is 40.0. The normalized spacial score (nSPS) is 10.2. The zero-order chi connectivity index (χ0) is 20.5. The fraction of sp³-hybridized carbons (Fsp3) is 0.300. The molecule has 2 aromatic rings. The monoisotopic (exact) mass is 403 g/mol. The number of carbonyl (C=O) groups excluding carboxylic acids is 3. The zero-order valence-corrected chi connectivity index (χ0v) is 16.5. The number of aromatic nitrogens is 1. The third kappa shape index (κ3) is 6.35. The van der Waals surface area contributed by atoms with Gasteiger partial charge in [-0.3, -0.25) is 9.59 Å². The van der Waals surface area contributed by atoms with Gasteiger partial charge in [-0.15, -0.1) is 0 Å². The summed E-state index contributed by atoms with van der Waals surface area (Å²) in [5.41, 5.74) is 1.63. The number of amides is 2. The Bertz CT molecular complexity index is 853. The fourth-order valence-electron chi connectivity index (χ4n) is 2.41. The number of halogens is 1. The molecule has 0 aliphatic carbocycles. The first-order valence-corrected chi connectivity index (χ1v) is 9.27. The van der Waals surface area contributed by atoms with Gasteiger partial charge in [-0.2, -0.15) is 0 Å². The predicted octanol–water partition coefficient (Wildman–Crippen LogP) is 3.37. The number of anilines is 1. The second-order valence-corrected chi connectivity index (χ2v) is 6.40. The Labute approximate surface area is 168 Å². The van der Waals surface area contributed by atoms with E-state index in [2.05, 4.69) is 15.6 Å². The van der Waals surface area contributed by atoms with Crippen LogP contribution >= 0.6 is 11.6 Å². The van der Waals surface area contributed by atoms with Crippen molar-refractivity contribution in [2.24, 2.45) is 0 Å². The molecule has 0 atom stereocenters. The molecule has 0 aliphatic rings. The van der Waals surface area contributed by atoms with Gasteiger partial charge in [0.15, 0.2) is 0 Å². The number of rotatable bonds is 8. The van der Waals surface area contributed by atoms with E-state index in [1.165, 1.54) is 12.1 Å². The highest BCUT2D eigenvalue weighted by Crippen LogP contribution is 2.13. The number of hydrogen-bond acceptors (Lipinski definition) is 5. The molecule has 0 bridgehead atoms. The molecule has 2 rings (SSSR count). The number of carbonyl (C=O) groups is 3. The number of hydrogen-bond donors (Lipinski definition) is 2. The largest absolute Gasteiger partial charge is 0.462 e. The summed E-state index contributed by atoms with van der Waals surface area (Å²) in [6, 6.07) is 9.82. The molecule has 0 aliphatic heterocycles. The summed E-state index contributed by atoms with van der Waals surface area (Å²) in [5.74, 6) is -0.980. The minimum absolute atomic E-state index is 0.149. The van der Waals surface area contributed by atoms with Crippen molar-refractivity contribution in [2.75, 3.05) is 18.5 Å². The molecule has 0 saturated carbocycles. The molecule has 0 spiro atoms. The summed E-state index contributed by atoms with van der Waals surface area (Å²) in [6.07, 6.45) is 0.738. The van der Waals surface area contributed by atoms with Crippen molar-refractivity contribution >= 4 is 35.1 Å². The molecular formula is C20H22ClN3O4. The van der Waals surface area contributed by atoms with Crippen molar-refractivity contribution in [3.05, 3.63) is 58.4 Å². The molecule has 1 aromatic heterocycles. The van der Waals surface area contributed by atoms with E-state index < -0.39 is 5.97 Å². The van der Waals surface area contributed by atoms with E-state index >= 15 is 0 Å². The van der Waals surface area contributed by atoms with E-state index in [0.717, 1.165) is 0 Å². The van der Waals surface area contributed by atoms with Crippen molar-refractivity contribution in [1.29, 1.82) is 0 Å². The minimum Gasteiger partial charge on any atom is -0.462 e. The number of nitrogens with zero attached hydrogens (tertiary/aromatic N) is 1. The van der Waals surface area contributed by atoms with Crippen LogP contribution in [0.4, 0.5) is 5.69 Å². The van der Waals surface area contributed by atoms with Crippen molar-refractivity contribution in [1.82, 2.24) is 10.3 Å². The number of nitrogens with one attached hydrogen (secondary N) is 2. The Morgan fingerprint density at radius 2 is 1.82 bits per heavy atom. The molecule has 7 nitrogen and oxygen atoms in total. The fourth-order valence-corrected chi connectivity index (χ4v) is 2.54. The van der Waals surface area contributed by atoms with Crippen LogP contribution in [0.15, 0.2) is 36.4 Å². The lowest BCUT2D eigenvalue weighted by Gasteiger charge is -2.08. The molecule has 148 valence electrons. The molecule has 0 unspecified atom stereocenters. The van der Waals surface area contributed by atoms with E-state index in [1.54, 1.807) is 38.1 Å². The Balaban J connectivity index is 1.77. The van der Waals surface area contributed by atoms with Gasteiger partial charge in [0.2, 0.25) is 5.91 Å². The molecule has 8 heteroatoms. The summed E-state index contributed by atoms with van der Waals surface area (Å²) in [6.45, 7) is 3.96. The van der Waals surface area contributed by atoms with Gasteiger partial charge in [0, 0.05) is 23.7 Å². The van der Waals surface area contributed by atoms with Gasteiger partial charge in [0.05, 0.1) is 17.9 Å². The SMILES string of the molecule is CCOC(=O)c1ccc(C(=O)NCCCC(=O)Nc2ccc(Cl)cc2)nc1C. The van der Waals surface area contributed by atoms with Crippen molar-refractivity contribution < 1.29 is 19.1 Å². The number of benzene rings is 1. The van der Waals surface area contributed by atoms with E-state index in [9.17, 15) is 14.4 Å². The van der Waals surface area contributed by atoms with E-state index in [-0.39, 0.29) is 30.5 Å². The lowest BCUT2D eigenvalue weighted by atomic mass is 10.2. The number of esters is 1. The van der Waals surface area contributed by atoms with Gasteiger partial charge in [0.25, 0.3) is 5.91 Å². The van der Waals surface area contributed by atoms with Crippen molar-refractivity contribution in [2.45, 2.75) is 26.7 Å². The second-order valence-electron chi connectivity index (χ2n) is 5.96. The summed E-state index contributed by atoms with van der Waals surface area (Å²) in [5, 5.41) is 6.07. The Morgan fingerprint density at radius 1 is 1.11 bits per heavy atom. The third-order valence-electron chi connectivity index (χ3n) is 3.81. The van der Waals surface area contributed by atoms with E-state index in [1.807, 2.05) is 0 Å². The topological polar surface area (TPSA) is 97.4 Å². The number of aryl methyl sites for hydroxylation is 1. The molecule has 0 radical (unpaired) electrons. The van der Waals surface area contributed by atoms with Crippen LogP contribution in [0.2, 0.25) is 5.02 Å². The molecular weight excluding hydrogens is 382 g/mol. The zero-order valence-electron chi connectivity index (χ0n) is 15.8. The van der Waals surface area contributed by atoms with Gasteiger partial charge in [-0.1, -0.05) is 11.6 Å². The number of pyridine rings is 1. The molecule has 2 N–H and O–H groups in total. The molecule has 28 heavy (non-hydrogen) atoms. The van der Waals surface area contributed by atoms with Crippen LogP contribution in [0.25, 0.3) is 0 Å². The van der Waals surface area contributed by atoms with E-state index in [0.29, 0.717) is 34.9 Å². The average Bonchev–Trinajstić information content (AvgIpc) is 2.67. The van der Waals surface area contributed by atoms with Gasteiger partial charge < -0.3 is 15.4 Å². The quantitative estimate of drug-likeness (QED) is 0.520. The summed E-state index contributed by atoms with van der Waals surface area (Å²) in [7, 11) is 0. The Hall–Kier alpha value is -2.93. The van der Waals surface area contributed by atoms with Crippen molar-refractivity contribution in [3.63, 3.8) is 0 Å². The molecule has 1 heterocycles. The maximum atomic E-state index is 12.2. The lowest BCUT2D eigenvalue weighted by Crippen LogP contribution is -2.26. The van der Waals surface area contributed by atoms with Gasteiger partial charge >= 0.3 is 5.97 Å². The first-order valence-electron chi connectivity index (χ1n) is 8.89. The van der Waals surface area contributed by atoms with Crippen LogP contribution in [0.5, 0.6) is 0 Å². The van der Waals surface area contributed by atoms with Crippen LogP contribution in [0.1, 0.15) is 46.3 Å². The first-order chi connectivity index (χ1) is 13.4. The third-order valence-corrected chi connectivity index (χ3v) is 4.06. The van der Waals surface area contributed by atoms with Gasteiger partial charge in [-0.05, 0) is 56.7 Å². The van der Waals surface area contributed by atoms with Crippen LogP contribution in [0.3, 0.4) is 0 Å². The highest BCUT2D eigenvalue weighted by molar-refractivity contribution is 6.30. The van der Waals surface area contributed by atoms with Crippen LogP contribution < -0.4 is 10.6 Å². The highest BCUT2D eigenvalue weighted by Gasteiger charge is 2.14. The molecule has 0 saturated heterocycles. The summed E-state index contributed by atoms with van der Waals surface area (Å²) >= 11 is 5.80. The smallest absolute Gasteiger partial charge is 0.339 e. The highest BCUT2D eigenvalue weighted by atomic mass is 35.5. The second kappa shape index (κ2) is 10.4. The molecule has 1 aromatic carbocycles. The maximum absolute atomic E-state index is 12.2. The van der Waals surface area contributed by atoms with Gasteiger partial charge in [-0.25, -0.2) is 9.78 Å². The predicted molar refractivity (Wildman–Crippen MR) is 107 cm³/mol. The Kier molecular flexibility index (Phi) is 7.95. The van der Waals surface area contributed by atoms with Crippen LogP contribution in [-0.4, -0.2) is 35.9 Å². The molecule has 2 amide bonds. The standard InChI is InChI=1S/C20H22ClN3O4/c1-3-28-20(27)16-10-11-17(23-13(16)2)19(26)22-12-4-5-18(25)24-15-8-6-14(21)7-9-15/h6-11H,3-5,12H2,1-2H3,(H,22,26)(H,24,25). The maximum Gasteiger partial charge on any atom is 0.339 e. The van der Waals surface area contributed by atoms with Gasteiger partial charge in [0.1, 0.15) is 5.69 Å². The Morgan fingerprint density at radius 3 is 2.46 bits per heavy atom. The van der Waals surface area contributed by atoms with E-state index in [4.69, 9.17) is 16.3 Å². The minimum atomic E-state index is -0.467. The van der Waals surface area contributed by atoms with Crippen LogP contribution in [0, 0.1) is 6.92 Å². The number of ether oxygens (including phenoxy) is 1. The average molecular weight is 404 g/mol.